The first-order valence-corrected chi connectivity index (χ1v) is 6.94. The zero-order valence-electron chi connectivity index (χ0n) is 11.6. The minimum Gasteiger partial charge on any atom is -0.312 e. The van der Waals surface area contributed by atoms with Crippen molar-refractivity contribution in [2.75, 3.05) is 0 Å². The fourth-order valence-corrected chi connectivity index (χ4v) is 2.45. The van der Waals surface area contributed by atoms with E-state index >= 15 is 0 Å². The van der Waals surface area contributed by atoms with Gasteiger partial charge in [-0.05, 0) is 19.1 Å². The van der Waals surface area contributed by atoms with Crippen LogP contribution >= 0.6 is 11.6 Å². The fourth-order valence-electron chi connectivity index (χ4n) is 2.32. The summed E-state index contributed by atoms with van der Waals surface area (Å²) < 4.78 is 3.51. The van der Waals surface area contributed by atoms with Gasteiger partial charge in [0.1, 0.15) is 0 Å². The van der Waals surface area contributed by atoms with Crippen LogP contribution in [0, 0.1) is 6.92 Å². The van der Waals surface area contributed by atoms with Crippen molar-refractivity contribution in [2.24, 2.45) is 0 Å². The molecule has 0 aliphatic heterocycles. The number of hydrogen-bond acceptors (Lipinski definition) is 2. The average molecular weight is 300 g/mol. The van der Waals surface area contributed by atoms with Gasteiger partial charge in [-0.1, -0.05) is 29.8 Å². The highest BCUT2D eigenvalue weighted by atomic mass is 35.5. The molecule has 0 bridgehead atoms. The predicted molar refractivity (Wildman–Crippen MR) is 84.8 cm³/mol. The molecule has 3 aromatic rings. The SMILES string of the molecule is C=CCn1c(C)cc(=O)n2cc(-c3ccc(Cl)cc3)nc12. The van der Waals surface area contributed by atoms with Crippen molar-refractivity contribution >= 4 is 17.4 Å². The maximum Gasteiger partial charge on any atom is 0.259 e. The summed E-state index contributed by atoms with van der Waals surface area (Å²) in [5.41, 5.74) is 2.44. The van der Waals surface area contributed by atoms with E-state index in [-0.39, 0.29) is 5.56 Å². The van der Waals surface area contributed by atoms with Crippen LogP contribution in [0.2, 0.25) is 5.02 Å². The Morgan fingerprint density at radius 1 is 1.33 bits per heavy atom. The van der Waals surface area contributed by atoms with Crippen LogP contribution in [0.25, 0.3) is 17.0 Å². The van der Waals surface area contributed by atoms with E-state index in [4.69, 9.17) is 11.6 Å². The molecule has 0 unspecified atom stereocenters. The number of fused-ring (bicyclic) bond motifs is 1. The molecule has 0 aliphatic rings. The van der Waals surface area contributed by atoms with E-state index in [2.05, 4.69) is 11.6 Å². The lowest BCUT2D eigenvalue weighted by Crippen LogP contribution is -2.18. The third-order valence-corrected chi connectivity index (χ3v) is 3.63. The molecular formula is C16H14ClN3O. The lowest BCUT2D eigenvalue weighted by Gasteiger charge is -2.08. The fraction of sp³-hybridized carbons (Fsp3) is 0.125. The molecule has 0 N–H and O–H groups in total. The molecule has 2 aromatic heterocycles. The highest BCUT2D eigenvalue weighted by molar-refractivity contribution is 6.30. The summed E-state index contributed by atoms with van der Waals surface area (Å²) in [6.45, 7) is 6.24. The number of benzene rings is 1. The molecule has 0 radical (unpaired) electrons. The van der Waals surface area contributed by atoms with Crippen LogP contribution in [0.5, 0.6) is 0 Å². The third kappa shape index (κ3) is 2.38. The quantitative estimate of drug-likeness (QED) is 0.696. The minimum atomic E-state index is -0.0875. The average Bonchev–Trinajstić information content (AvgIpc) is 2.90. The van der Waals surface area contributed by atoms with Crippen LogP contribution in [-0.4, -0.2) is 14.0 Å². The smallest absolute Gasteiger partial charge is 0.259 e. The number of hydrogen-bond donors (Lipinski definition) is 0. The summed E-state index contributed by atoms with van der Waals surface area (Å²) >= 11 is 5.90. The number of rotatable bonds is 3. The van der Waals surface area contributed by atoms with E-state index in [0.717, 1.165) is 17.0 Å². The van der Waals surface area contributed by atoms with E-state index in [1.165, 1.54) is 0 Å². The molecule has 0 fully saturated rings. The highest BCUT2D eigenvalue weighted by Crippen LogP contribution is 2.21. The van der Waals surface area contributed by atoms with E-state index in [9.17, 15) is 4.79 Å². The monoisotopic (exact) mass is 299 g/mol. The first-order valence-electron chi connectivity index (χ1n) is 6.56. The number of aryl methyl sites for hydroxylation is 1. The second-order valence-corrected chi connectivity index (χ2v) is 5.26. The van der Waals surface area contributed by atoms with E-state index < -0.39 is 0 Å². The first kappa shape index (κ1) is 13.6. The van der Waals surface area contributed by atoms with Crippen molar-refractivity contribution in [3.05, 3.63) is 70.3 Å². The number of nitrogens with zero attached hydrogens (tertiary/aromatic N) is 3. The molecule has 0 atom stereocenters. The standard InChI is InChI=1S/C16H14ClN3O/c1-3-8-19-11(2)9-15(21)20-10-14(18-16(19)20)12-4-6-13(17)7-5-12/h3-7,9-10H,1,8H2,2H3. The van der Waals surface area contributed by atoms with Crippen molar-refractivity contribution in [2.45, 2.75) is 13.5 Å². The Labute approximate surface area is 126 Å². The Bertz CT molecular complexity index is 875. The highest BCUT2D eigenvalue weighted by Gasteiger charge is 2.11. The lowest BCUT2D eigenvalue weighted by molar-refractivity contribution is 0.766. The van der Waals surface area contributed by atoms with Gasteiger partial charge in [0, 0.05) is 35.1 Å². The van der Waals surface area contributed by atoms with Crippen LogP contribution in [0.4, 0.5) is 0 Å². The van der Waals surface area contributed by atoms with Crippen LogP contribution in [0.1, 0.15) is 5.69 Å². The van der Waals surface area contributed by atoms with Crippen LogP contribution in [0.15, 0.2) is 54.0 Å². The van der Waals surface area contributed by atoms with Gasteiger partial charge < -0.3 is 4.57 Å². The zero-order chi connectivity index (χ0) is 15.0. The molecule has 0 saturated heterocycles. The van der Waals surface area contributed by atoms with E-state index in [0.29, 0.717) is 17.3 Å². The Hall–Kier alpha value is -2.33. The molecule has 0 saturated carbocycles. The number of aromatic nitrogens is 3. The zero-order valence-corrected chi connectivity index (χ0v) is 12.3. The summed E-state index contributed by atoms with van der Waals surface area (Å²) in [6, 6.07) is 8.99. The van der Waals surface area contributed by atoms with Crippen molar-refractivity contribution in [1.82, 2.24) is 14.0 Å². The Balaban J connectivity index is 2.26. The maximum atomic E-state index is 12.1. The second-order valence-electron chi connectivity index (χ2n) is 4.83. The Morgan fingerprint density at radius 2 is 2.05 bits per heavy atom. The van der Waals surface area contributed by atoms with Crippen molar-refractivity contribution in [1.29, 1.82) is 0 Å². The topological polar surface area (TPSA) is 39.3 Å². The molecule has 4 nitrogen and oxygen atoms in total. The number of halogens is 1. The van der Waals surface area contributed by atoms with Crippen LogP contribution in [0.3, 0.4) is 0 Å². The molecule has 1 aromatic carbocycles. The minimum absolute atomic E-state index is 0.0875. The van der Waals surface area contributed by atoms with Gasteiger partial charge in [0.25, 0.3) is 5.56 Å². The summed E-state index contributed by atoms with van der Waals surface area (Å²) in [5, 5.41) is 0.671. The molecule has 0 aliphatic carbocycles. The van der Waals surface area contributed by atoms with Gasteiger partial charge in [-0.25, -0.2) is 4.98 Å². The molecular weight excluding hydrogens is 286 g/mol. The molecule has 3 rings (SSSR count). The first-order chi connectivity index (χ1) is 10.1. The van der Waals surface area contributed by atoms with Gasteiger partial charge in [-0.2, -0.15) is 0 Å². The largest absolute Gasteiger partial charge is 0.312 e. The normalized spacial score (nSPS) is 11.0. The predicted octanol–water partition coefficient (Wildman–Crippen LogP) is 3.31. The molecule has 106 valence electrons. The van der Waals surface area contributed by atoms with Gasteiger partial charge in [0.15, 0.2) is 0 Å². The number of allylic oxidation sites excluding steroid dienone is 1. The van der Waals surface area contributed by atoms with Crippen LogP contribution < -0.4 is 5.56 Å². The van der Waals surface area contributed by atoms with Crippen LogP contribution in [-0.2, 0) is 6.54 Å². The van der Waals surface area contributed by atoms with Gasteiger partial charge in [0.2, 0.25) is 5.78 Å². The van der Waals surface area contributed by atoms with E-state index in [1.54, 1.807) is 22.7 Å². The van der Waals surface area contributed by atoms with Crippen molar-refractivity contribution < 1.29 is 0 Å². The van der Waals surface area contributed by atoms with E-state index in [1.807, 2.05) is 35.8 Å². The lowest BCUT2D eigenvalue weighted by atomic mass is 10.2. The Morgan fingerprint density at radius 3 is 2.71 bits per heavy atom. The molecule has 0 amide bonds. The second kappa shape index (κ2) is 5.22. The maximum absolute atomic E-state index is 12.1. The third-order valence-electron chi connectivity index (χ3n) is 3.38. The molecule has 21 heavy (non-hydrogen) atoms. The number of imidazole rings is 1. The van der Waals surface area contributed by atoms with Gasteiger partial charge in [0.05, 0.1) is 5.69 Å². The van der Waals surface area contributed by atoms with Gasteiger partial charge in [-0.3, -0.25) is 9.20 Å². The van der Waals surface area contributed by atoms with Gasteiger partial charge >= 0.3 is 0 Å². The molecule has 2 heterocycles. The van der Waals surface area contributed by atoms with Gasteiger partial charge in [-0.15, -0.1) is 6.58 Å². The summed E-state index contributed by atoms with van der Waals surface area (Å²) in [4.78, 5) is 16.7. The molecule has 5 heteroatoms. The van der Waals surface area contributed by atoms with Crippen molar-refractivity contribution in [3.8, 4) is 11.3 Å². The Kier molecular flexibility index (Phi) is 3.39. The summed E-state index contributed by atoms with van der Waals surface area (Å²) in [7, 11) is 0. The summed E-state index contributed by atoms with van der Waals surface area (Å²) in [5.74, 6) is 0.616. The van der Waals surface area contributed by atoms with Crippen molar-refractivity contribution in [3.63, 3.8) is 0 Å². The summed E-state index contributed by atoms with van der Waals surface area (Å²) in [6.07, 6.45) is 3.54. The molecule has 0 spiro atoms.